The Balaban J connectivity index is 2.45. The first kappa shape index (κ1) is 15.2. The number of rotatable bonds is 3. The minimum absolute atomic E-state index is 0.0799. The molecular formula is C16H20FN3O. The molecule has 0 saturated heterocycles. The van der Waals surface area contributed by atoms with Crippen molar-refractivity contribution >= 4 is 5.95 Å². The first-order valence-electron chi connectivity index (χ1n) is 6.80. The summed E-state index contributed by atoms with van der Waals surface area (Å²) in [6, 6.07) is 5.83. The molecule has 0 spiro atoms. The van der Waals surface area contributed by atoms with Crippen LogP contribution >= 0.6 is 0 Å². The molecule has 0 fully saturated rings. The number of nitrogens with zero attached hydrogens (tertiary/aromatic N) is 2. The molecule has 5 heteroatoms. The maximum atomic E-state index is 13.8. The van der Waals surface area contributed by atoms with Gasteiger partial charge in [0.05, 0.1) is 6.20 Å². The predicted molar refractivity (Wildman–Crippen MR) is 81.5 cm³/mol. The van der Waals surface area contributed by atoms with Gasteiger partial charge in [0.2, 0.25) is 11.8 Å². The molecule has 1 aromatic heterocycles. The van der Waals surface area contributed by atoms with E-state index < -0.39 is 5.82 Å². The molecule has 21 heavy (non-hydrogen) atoms. The summed E-state index contributed by atoms with van der Waals surface area (Å²) in [5, 5.41) is 2.77. The number of ether oxygens (including phenoxy) is 1. The number of nitrogens with one attached hydrogen (secondary N) is 1. The van der Waals surface area contributed by atoms with Crippen molar-refractivity contribution < 1.29 is 9.13 Å². The number of benzene rings is 1. The Morgan fingerprint density at radius 1 is 1.24 bits per heavy atom. The summed E-state index contributed by atoms with van der Waals surface area (Å²) >= 11 is 0. The van der Waals surface area contributed by atoms with Crippen molar-refractivity contribution in [3.8, 4) is 11.6 Å². The molecule has 0 unspecified atom stereocenters. The van der Waals surface area contributed by atoms with Crippen LogP contribution in [0.15, 0.2) is 24.4 Å². The highest BCUT2D eigenvalue weighted by atomic mass is 19.1. The summed E-state index contributed by atoms with van der Waals surface area (Å²) < 4.78 is 19.5. The Morgan fingerprint density at radius 2 is 1.95 bits per heavy atom. The van der Waals surface area contributed by atoms with E-state index >= 15 is 0 Å². The lowest BCUT2D eigenvalue weighted by molar-refractivity contribution is 0.406. The summed E-state index contributed by atoms with van der Waals surface area (Å²) in [5.74, 6) is 0.252. The first-order chi connectivity index (χ1) is 9.81. The Hall–Kier alpha value is -2.17. The number of hydrogen-bond donors (Lipinski definition) is 1. The quantitative estimate of drug-likeness (QED) is 0.925. The summed E-state index contributed by atoms with van der Waals surface area (Å²) in [7, 11) is 1.67. The zero-order valence-corrected chi connectivity index (χ0v) is 13.0. The van der Waals surface area contributed by atoms with Crippen LogP contribution in [-0.2, 0) is 5.41 Å². The highest BCUT2D eigenvalue weighted by Crippen LogP contribution is 2.35. The van der Waals surface area contributed by atoms with E-state index in [9.17, 15) is 4.39 Å². The molecule has 0 atom stereocenters. The van der Waals surface area contributed by atoms with Crippen LogP contribution in [0.3, 0.4) is 0 Å². The van der Waals surface area contributed by atoms with E-state index in [1.165, 1.54) is 0 Å². The van der Waals surface area contributed by atoms with Crippen molar-refractivity contribution in [2.24, 2.45) is 0 Å². The second kappa shape index (κ2) is 5.68. The van der Waals surface area contributed by atoms with Crippen molar-refractivity contribution in [1.29, 1.82) is 0 Å². The maximum absolute atomic E-state index is 13.8. The molecule has 1 heterocycles. The second-order valence-electron chi connectivity index (χ2n) is 5.95. The first-order valence-corrected chi connectivity index (χ1v) is 6.80. The predicted octanol–water partition coefficient (Wildman–Crippen LogP) is 4.06. The Bertz CT molecular complexity index is 650. The fourth-order valence-corrected chi connectivity index (χ4v) is 1.97. The molecule has 4 nitrogen and oxygen atoms in total. The molecule has 1 aromatic carbocycles. The number of halogens is 1. The van der Waals surface area contributed by atoms with Crippen LogP contribution in [0.4, 0.5) is 10.3 Å². The van der Waals surface area contributed by atoms with E-state index in [4.69, 9.17) is 4.74 Å². The molecule has 0 bridgehead atoms. The number of hydrogen-bond acceptors (Lipinski definition) is 4. The number of anilines is 1. The van der Waals surface area contributed by atoms with Gasteiger partial charge in [-0.3, -0.25) is 0 Å². The zero-order chi connectivity index (χ0) is 15.6. The fraction of sp³-hybridized carbons (Fsp3) is 0.375. The summed E-state index contributed by atoms with van der Waals surface area (Å²) in [6.07, 6.45) is 1.10. The highest BCUT2D eigenvalue weighted by Gasteiger charge is 2.21. The second-order valence-corrected chi connectivity index (χ2v) is 5.95. The van der Waals surface area contributed by atoms with Crippen molar-refractivity contribution in [2.45, 2.75) is 33.1 Å². The third kappa shape index (κ3) is 3.48. The van der Waals surface area contributed by atoms with Gasteiger partial charge in [-0.15, -0.1) is 0 Å². The van der Waals surface area contributed by atoms with E-state index in [2.05, 4.69) is 36.1 Å². The van der Waals surface area contributed by atoms with Crippen LogP contribution in [0.25, 0.3) is 0 Å². The average molecular weight is 289 g/mol. The van der Waals surface area contributed by atoms with Crippen LogP contribution in [-0.4, -0.2) is 17.0 Å². The van der Waals surface area contributed by atoms with Crippen molar-refractivity contribution in [2.75, 3.05) is 12.4 Å². The van der Waals surface area contributed by atoms with Crippen LogP contribution < -0.4 is 10.1 Å². The SMILES string of the molecule is CNc1ncc(F)c(Oc2ccc(C)cc2C(C)(C)C)n1. The average Bonchev–Trinajstić information content (AvgIpc) is 2.42. The normalized spacial score (nSPS) is 11.3. The molecule has 0 aliphatic rings. The molecule has 2 rings (SSSR count). The highest BCUT2D eigenvalue weighted by molar-refractivity contribution is 5.43. The Morgan fingerprint density at radius 3 is 2.57 bits per heavy atom. The van der Waals surface area contributed by atoms with E-state index in [-0.39, 0.29) is 11.3 Å². The summed E-state index contributed by atoms with van der Waals surface area (Å²) in [5.41, 5.74) is 2.02. The monoisotopic (exact) mass is 289 g/mol. The Labute approximate surface area is 124 Å². The van der Waals surface area contributed by atoms with Crippen molar-refractivity contribution in [3.05, 3.63) is 41.3 Å². The van der Waals surface area contributed by atoms with Crippen LogP contribution in [0.5, 0.6) is 11.6 Å². The minimum Gasteiger partial charge on any atom is -0.436 e. The van der Waals surface area contributed by atoms with E-state index in [0.29, 0.717) is 11.7 Å². The maximum Gasteiger partial charge on any atom is 0.260 e. The van der Waals surface area contributed by atoms with Crippen LogP contribution in [0.1, 0.15) is 31.9 Å². The molecule has 112 valence electrons. The van der Waals surface area contributed by atoms with Crippen molar-refractivity contribution in [3.63, 3.8) is 0 Å². The van der Waals surface area contributed by atoms with Gasteiger partial charge >= 0.3 is 0 Å². The lowest BCUT2D eigenvalue weighted by Gasteiger charge is -2.23. The molecule has 1 N–H and O–H groups in total. The van der Waals surface area contributed by atoms with Gasteiger partial charge in [-0.25, -0.2) is 4.98 Å². The van der Waals surface area contributed by atoms with Gasteiger partial charge in [0, 0.05) is 12.6 Å². The molecule has 0 saturated carbocycles. The molecule has 0 radical (unpaired) electrons. The lowest BCUT2D eigenvalue weighted by Crippen LogP contribution is -2.13. The molecular weight excluding hydrogens is 269 g/mol. The standard InChI is InChI=1S/C16H20FN3O/c1-10-6-7-13(11(8-10)16(2,3)4)21-14-12(17)9-19-15(18-5)20-14/h6-9H,1-5H3,(H,18,19,20). The zero-order valence-electron chi connectivity index (χ0n) is 13.0. The van der Waals surface area contributed by atoms with Gasteiger partial charge in [0.15, 0.2) is 0 Å². The van der Waals surface area contributed by atoms with E-state index in [1.807, 2.05) is 25.1 Å². The van der Waals surface area contributed by atoms with Crippen LogP contribution in [0, 0.1) is 12.7 Å². The molecule has 0 aliphatic carbocycles. The topological polar surface area (TPSA) is 47.0 Å². The van der Waals surface area contributed by atoms with Gasteiger partial charge in [-0.05, 0) is 18.4 Å². The third-order valence-electron chi connectivity index (χ3n) is 3.09. The van der Waals surface area contributed by atoms with Gasteiger partial charge in [-0.1, -0.05) is 38.5 Å². The van der Waals surface area contributed by atoms with Gasteiger partial charge < -0.3 is 10.1 Å². The van der Waals surface area contributed by atoms with Gasteiger partial charge in [0.1, 0.15) is 5.75 Å². The lowest BCUT2D eigenvalue weighted by atomic mass is 9.85. The Kier molecular flexibility index (Phi) is 4.11. The van der Waals surface area contributed by atoms with Crippen LogP contribution in [0.2, 0.25) is 0 Å². The van der Waals surface area contributed by atoms with Gasteiger partial charge in [-0.2, -0.15) is 9.37 Å². The minimum atomic E-state index is -0.588. The molecule has 0 aliphatic heterocycles. The number of aromatic nitrogens is 2. The summed E-state index contributed by atoms with van der Waals surface area (Å²) in [6.45, 7) is 8.28. The van der Waals surface area contributed by atoms with Crippen molar-refractivity contribution in [1.82, 2.24) is 9.97 Å². The van der Waals surface area contributed by atoms with E-state index in [0.717, 1.165) is 17.3 Å². The van der Waals surface area contributed by atoms with Gasteiger partial charge in [0.25, 0.3) is 5.88 Å². The summed E-state index contributed by atoms with van der Waals surface area (Å²) in [4.78, 5) is 7.82. The third-order valence-corrected chi connectivity index (χ3v) is 3.09. The smallest absolute Gasteiger partial charge is 0.260 e. The molecule has 0 amide bonds. The van der Waals surface area contributed by atoms with E-state index in [1.54, 1.807) is 7.05 Å². The number of aryl methyl sites for hydroxylation is 1. The largest absolute Gasteiger partial charge is 0.436 e. The fourth-order valence-electron chi connectivity index (χ4n) is 1.97. The molecule has 2 aromatic rings.